The second-order valence-corrected chi connectivity index (χ2v) is 9.43. The van der Waals surface area contributed by atoms with Crippen LogP contribution in [0.1, 0.15) is 15.9 Å². The predicted molar refractivity (Wildman–Crippen MR) is 132 cm³/mol. The van der Waals surface area contributed by atoms with E-state index in [9.17, 15) is 50.8 Å². The second-order valence-electron chi connectivity index (χ2n) is 9.43. The molecule has 2 heterocycles. The molecule has 0 unspecified atom stereocenters. The zero-order chi connectivity index (χ0) is 29.2. The van der Waals surface area contributed by atoms with Gasteiger partial charge in [0.25, 0.3) is 0 Å². The van der Waals surface area contributed by atoms with Crippen LogP contribution in [0.4, 0.5) is 0 Å². The number of allylic oxidation sites excluding steroid dienone is 1. The van der Waals surface area contributed by atoms with E-state index in [1.165, 1.54) is 30.3 Å². The summed E-state index contributed by atoms with van der Waals surface area (Å²) in [6.45, 7) is -2.08. The number of hydrogen-bond donors (Lipinski definition) is 9. The Morgan fingerprint density at radius 1 is 1.00 bits per heavy atom. The zero-order valence-electron chi connectivity index (χ0n) is 20.8. The Bertz CT molecular complexity index is 1230. The highest BCUT2D eigenvalue weighted by Crippen LogP contribution is 2.34. The molecular weight excluding hydrogens is 536 g/mol. The zero-order valence-corrected chi connectivity index (χ0v) is 20.8. The first-order chi connectivity index (χ1) is 19.0. The maximum absolute atomic E-state index is 12.6. The first-order valence-electron chi connectivity index (χ1n) is 12.1. The number of ketones is 1. The average Bonchev–Trinajstić information content (AvgIpc) is 3.21. The monoisotopic (exact) mass is 566 g/mol. The first kappa shape index (κ1) is 29.7. The third kappa shape index (κ3) is 6.05. The van der Waals surface area contributed by atoms with E-state index in [0.29, 0.717) is 0 Å². The van der Waals surface area contributed by atoms with Gasteiger partial charge >= 0.3 is 0 Å². The molecule has 2 fully saturated rings. The number of aromatic hydroxyl groups is 3. The Balaban J connectivity index is 1.60. The fraction of sp³-hybridized carbons (Fsp3) is 0.423. The van der Waals surface area contributed by atoms with E-state index in [4.69, 9.17) is 18.9 Å². The molecule has 40 heavy (non-hydrogen) atoms. The number of rotatable bonds is 9. The molecule has 218 valence electrons. The van der Waals surface area contributed by atoms with Gasteiger partial charge in [-0.15, -0.1) is 0 Å². The molecule has 8 atom stereocenters. The van der Waals surface area contributed by atoms with Crippen LogP contribution in [0.15, 0.2) is 42.5 Å². The van der Waals surface area contributed by atoms with Gasteiger partial charge < -0.3 is 64.9 Å². The molecule has 14 nitrogen and oxygen atoms in total. The van der Waals surface area contributed by atoms with Gasteiger partial charge in [-0.25, -0.2) is 0 Å². The molecule has 0 spiro atoms. The maximum Gasteiger partial charge on any atom is 0.229 e. The lowest BCUT2D eigenvalue weighted by Gasteiger charge is -2.42. The summed E-state index contributed by atoms with van der Waals surface area (Å²) in [6.07, 6.45) is -8.89. The lowest BCUT2D eigenvalue weighted by atomic mass is 9.98. The Hall–Kier alpha value is -3.31. The molecule has 0 radical (unpaired) electrons. The molecule has 0 amide bonds. The summed E-state index contributed by atoms with van der Waals surface area (Å²) < 4.78 is 22.3. The largest absolute Gasteiger partial charge is 0.508 e. The number of hydrogen-bond acceptors (Lipinski definition) is 14. The summed E-state index contributed by atoms with van der Waals surface area (Å²) in [7, 11) is 0. The number of phenols is 3. The lowest BCUT2D eigenvalue weighted by Crippen LogP contribution is -2.62. The van der Waals surface area contributed by atoms with Crippen molar-refractivity contribution in [1.29, 1.82) is 0 Å². The standard InChI is InChI=1S/C26H30O14/c27-9-19-20(33)21(34)22(40-25-23(35)26(36,10-28)11-37-25)24(39-19)38-18-8-14(30)3-1-12(18)2-6-16(31)15-5-4-13(29)7-17(15)32/h1-8,19-25,27-30,32-36H,9-11H2/t19-,20-,21-,22-,23-,24-,25-,26+/m1/s1. The molecule has 2 aromatic carbocycles. The second kappa shape index (κ2) is 12.1. The molecule has 4 rings (SSSR count). The predicted octanol–water partition coefficient (Wildman–Crippen LogP) is -1.66. The third-order valence-electron chi connectivity index (χ3n) is 6.60. The summed E-state index contributed by atoms with van der Waals surface area (Å²) in [4.78, 5) is 12.6. The van der Waals surface area contributed by atoms with Crippen molar-refractivity contribution in [2.75, 3.05) is 19.8 Å². The van der Waals surface area contributed by atoms with E-state index in [0.717, 1.165) is 18.2 Å². The number of phenolic OH excluding ortho intramolecular Hbond substituents is 3. The summed E-state index contributed by atoms with van der Waals surface area (Å²) in [5, 5.41) is 90.2. The first-order valence-corrected chi connectivity index (χ1v) is 12.1. The van der Waals surface area contributed by atoms with E-state index >= 15 is 0 Å². The van der Waals surface area contributed by atoms with E-state index in [2.05, 4.69) is 0 Å². The summed E-state index contributed by atoms with van der Waals surface area (Å²) in [5.41, 5.74) is -1.94. The van der Waals surface area contributed by atoms with Crippen LogP contribution in [0.3, 0.4) is 0 Å². The summed E-state index contributed by atoms with van der Waals surface area (Å²) >= 11 is 0. The van der Waals surface area contributed by atoms with Gasteiger partial charge in [0.15, 0.2) is 18.2 Å². The topological polar surface area (TPSA) is 236 Å². The van der Waals surface area contributed by atoms with E-state index < -0.39 is 80.1 Å². The number of carbonyl (C=O) groups excluding carboxylic acids is 1. The third-order valence-corrected chi connectivity index (χ3v) is 6.60. The quantitative estimate of drug-likeness (QED) is 0.122. The van der Waals surface area contributed by atoms with E-state index in [-0.39, 0.29) is 28.4 Å². The van der Waals surface area contributed by atoms with Crippen molar-refractivity contribution < 1.29 is 69.7 Å². The van der Waals surface area contributed by atoms with Crippen LogP contribution in [0.2, 0.25) is 0 Å². The molecule has 0 saturated carbocycles. The fourth-order valence-electron chi connectivity index (χ4n) is 4.23. The molecule has 2 aliphatic rings. The van der Waals surface area contributed by atoms with Crippen molar-refractivity contribution in [3.8, 4) is 23.0 Å². The van der Waals surface area contributed by atoms with Crippen LogP contribution in [-0.4, -0.2) is 120 Å². The van der Waals surface area contributed by atoms with Gasteiger partial charge in [-0.3, -0.25) is 4.79 Å². The van der Waals surface area contributed by atoms with Gasteiger partial charge in [0.2, 0.25) is 6.29 Å². The van der Waals surface area contributed by atoms with E-state index in [1.807, 2.05) is 0 Å². The highest BCUT2D eigenvalue weighted by Gasteiger charge is 2.53. The SMILES string of the molecule is O=C(C=Cc1ccc(O)cc1O[C@@H]1O[C@H](CO)[C@@H](O)[C@@H](O)[C@H]1O[C@H]1OC[C@@](O)(CO)[C@@H]1O)c1ccc(O)cc1O. The van der Waals surface area contributed by atoms with Crippen molar-refractivity contribution in [1.82, 2.24) is 0 Å². The van der Waals surface area contributed by atoms with Gasteiger partial charge in [-0.1, -0.05) is 0 Å². The van der Waals surface area contributed by atoms with Crippen LogP contribution in [-0.2, 0) is 14.2 Å². The lowest BCUT2D eigenvalue weighted by molar-refractivity contribution is -0.318. The van der Waals surface area contributed by atoms with Crippen molar-refractivity contribution >= 4 is 11.9 Å². The Kier molecular flexibility index (Phi) is 8.94. The van der Waals surface area contributed by atoms with Crippen molar-refractivity contribution in [2.24, 2.45) is 0 Å². The number of aliphatic hydroxyl groups is 6. The molecule has 0 aliphatic carbocycles. The molecule has 2 aliphatic heterocycles. The van der Waals surface area contributed by atoms with Gasteiger partial charge in [0.05, 0.1) is 25.4 Å². The molecule has 14 heteroatoms. The van der Waals surface area contributed by atoms with Crippen molar-refractivity contribution in [3.05, 3.63) is 53.6 Å². The Morgan fingerprint density at radius 2 is 1.70 bits per heavy atom. The number of carbonyl (C=O) groups is 1. The Labute approximate surface area is 227 Å². The van der Waals surface area contributed by atoms with Gasteiger partial charge in [-0.05, 0) is 36.4 Å². The van der Waals surface area contributed by atoms with Gasteiger partial charge in [0.1, 0.15) is 53.0 Å². The average molecular weight is 567 g/mol. The molecule has 2 saturated heterocycles. The fourth-order valence-corrected chi connectivity index (χ4v) is 4.23. The van der Waals surface area contributed by atoms with Crippen LogP contribution in [0.25, 0.3) is 6.08 Å². The molecule has 2 aromatic rings. The number of aliphatic hydroxyl groups excluding tert-OH is 5. The molecule has 9 N–H and O–H groups in total. The van der Waals surface area contributed by atoms with E-state index in [1.54, 1.807) is 0 Å². The minimum absolute atomic E-state index is 0.0970. The molecule has 0 bridgehead atoms. The van der Waals surface area contributed by atoms with Crippen LogP contribution < -0.4 is 4.74 Å². The van der Waals surface area contributed by atoms with Gasteiger partial charge in [-0.2, -0.15) is 0 Å². The normalized spacial score (nSPS) is 32.4. The minimum atomic E-state index is -2.05. The van der Waals surface area contributed by atoms with Crippen LogP contribution >= 0.6 is 0 Å². The number of benzene rings is 2. The van der Waals surface area contributed by atoms with Crippen molar-refractivity contribution in [2.45, 2.75) is 48.7 Å². The highest BCUT2D eigenvalue weighted by atomic mass is 16.8. The Morgan fingerprint density at radius 3 is 2.35 bits per heavy atom. The van der Waals surface area contributed by atoms with Crippen LogP contribution in [0, 0.1) is 0 Å². The van der Waals surface area contributed by atoms with Crippen molar-refractivity contribution in [3.63, 3.8) is 0 Å². The summed E-state index contributed by atoms with van der Waals surface area (Å²) in [5.74, 6) is -1.67. The van der Waals surface area contributed by atoms with Gasteiger partial charge in [0, 0.05) is 17.7 Å². The highest BCUT2D eigenvalue weighted by molar-refractivity contribution is 6.08. The summed E-state index contributed by atoms with van der Waals surface area (Å²) in [6, 6.07) is 7.27. The molecular formula is C26H30O14. The number of ether oxygens (including phenoxy) is 4. The smallest absolute Gasteiger partial charge is 0.229 e. The molecule has 0 aromatic heterocycles. The van der Waals surface area contributed by atoms with Crippen LogP contribution in [0.5, 0.6) is 23.0 Å². The minimum Gasteiger partial charge on any atom is -0.508 e. The maximum atomic E-state index is 12.6.